The Labute approximate surface area is 154 Å². The number of anilines is 3. The third kappa shape index (κ3) is 5.70. The van der Waals surface area contributed by atoms with Crippen molar-refractivity contribution in [2.45, 2.75) is 26.7 Å². The summed E-state index contributed by atoms with van der Waals surface area (Å²) < 4.78 is 5.04. The predicted molar refractivity (Wildman–Crippen MR) is 104 cm³/mol. The first-order valence-corrected chi connectivity index (χ1v) is 8.86. The number of methoxy groups -OCH3 is 1. The van der Waals surface area contributed by atoms with E-state index in [-0.39, 0.29) is 6.03 Å². The highest BCUT2D eigenvalue weighted by Crippen LogP contribution is 2.24. The minimum atomic E-state index is -0.209. The fraction of sp³-hybridized carbons (Fsp3) is 0.421. The lowest BCUT2D eigenvalue weighted by atomic mass is 10.2. The number of urea groups is 1. The maximum atomic E-state index is 12.7. The Hall–Kier alpha value is -2.67. The van der Waals surface area contributed by atoms with Gasteiger partial charge in [0, 0.05) is 39.1 Å². The number of carbonyl (C=O) groups excluding carboxylic acids is 1. The number of rotatable bonds is 9. The van der Waals surface area contributed by atoms with E-state index < -0.39 is 0 Å². The SMILES string of the molecule is CCCNC(=O)N(c1ccc(C)cc1)c1ccnc(NCCCOC)n1. The average molecular weight is 357 g/mol. The van der Waals surface area contributed by atoms with Crippen LogP contribution in [0.5, 0.6) is 0 Å². The van der Waals surface area contributed by atoms with Crippen LogP contribution in [0.2, 0.25) is 0 Å². The Balaban J connectivity index is 2.23. The number of aryl methyl sites for hydroxylation is 1. The van der Waals surface area contributed by atoms with E-state index in [0.717, 1.165) is 24.1 Å². The predicted octanol–water partition coefficient (Wildman–Crippen LogP) is 3.49. The molecule has 7 heteroatoms. The molecule has 1 aromatic carbocycles. The van der Waals surface area contributed by atoms with Crippen molar-refractivity contribution in [2.24, 2.45) is 0 Å². The van der Waals surface area contributed by atoms with Gasteiger partial charge in [-0.1, -0.05) is 24.6 Å². The number of ether oxygens (including phenoxy) is 1. The number of hydrogen-bond acceptors (Lipinski definition) is 5. The van der Waals surface area contributed by atoms with Gasteiger partial charge in [-0.25, -0.2) is 14.7 Å². The molecule has 0 aliphatic rings. The Morgan fingerprint density at radius 3 is 2.65 bits per heavy atom. The minimum absolute atomic E-state index is 0.209. The molecule has 0 aliphatic heterocycles. The van der Waals surface area contributed by atoms with E-state index in [1.165, 1.54) is 0 Å². The van der Waals surface area contributed by atoms with Gasteiger partial charge in [-0.3, -0.25) is 0 Å². The van der Waals surface area contributed by atoms with Crippen LogP contribution in [0.1, 0.15) is 25.3 Å². The van der Waals surface area contributed by atoms with Gasteiger partial charge >= 0.3 is 6.03 Å². The molecule has 0 saturated heterocycles. The second-order valence-corrected chi connectivity index (χ2v) is 5.91. The zero-order valence-corrected chi connectivity index (χ0v) is 15.7. The summed E-state index contributed by atoms with van der Waals surface area (Å²) in [6.07, 6.45) is 3.36. The maximum Gasteiger partial charge on any atom is 0.327 e. The molecule has 2 aromatic rings. The number of amides is 2. The minimum Gasteiger partial charge on any atom is -0.385 e. The zero-order valence-electron chi connectivity index (χ0n) is 15.7. The smallest absolute Gasteiger partial charge is 0.327 e. The zero-order chi connectivity index (χ0) is 18.8. The van der Waals surface area contributed by atoms with Crippen LogP contribution in [0, 0.1) is 6.92 Å². The highest BCUT2D eigenvalue weighted by Gasteiger charge is 2.19. The van der Waals surface area contributed by atoms with Crippen molar-refractivity contribution in [2.75, 3.05) is 37.0 Å². The Kier molecular flexibility index (Phi) is 7.82. The van der Waals surface area contributed by atoms with Gasteiger partial charge in [-0.05, 0) is 31.9 Å². The van der Waals surface area contributed by atoms with Crippen LogP contribution < -0.4 is 15.5 Å². The first-order valence-electron chi connectivity index (χ1n) is 8.86. The largest absolute Gasteiger partial charge is 0.385 e. The Morgan fingerprint density at radius 1 is 1.19 bits per heavy atom. The van der Waals surface area contributed by atoms with Gasteiger partial charge in [0.25, 0.3) is 0 Å². The summed E-state index contributed by atoms with van der Waals surface area (Å²) in [5.41, 5.74) is 1.89. The Morgan fingerprint density at radius 2 is 1.96 bits per heavy atom. The van der Waals surface area contributed by atoms with E-state index in [1.54, 1.807) is 24.3 Å². The number of aromatic nitrogens is 2. The number of nitrogens with zero attached hydrogens (tertiary/aromatic N) is 3. The quantitative estimate of drug-likeness (QED) is 0.672. The van der Waals surface area contributed by atoms with Crippen LogP contribution >= 0.6 is 0 Å². The summed E-state index contributed by atoms with van der Waals surface area (Å²) in [6.45, 7) is 6.00. The van der Waals surface area contributed by atoms with E-state index in [2.05, 4.69) is 20.6 Å². The highest BCUT2D eigenvalue weighted by molar-refractivity contribution is 5.98. The summed E-state index contributed by atoms with van der Waals surface area (Å²) in [5.74, 6) is 1.01. The van der Waals surface area contributed by atoms with Gasteiger partial charge in [0.05, 0.1) is 5.69 Å². The summed E-state index contributed by atoms with van der Waals surface area (Å²) in [5, 5.41) is 6.07. The molecular weight excluding hydrogens is 330 g/mol. The molecule has 0 unspecified atom stereocenters. The molecule has 0 bridgehead atoms. The van der Waals surface area contributed by atoms with Crippen molar-refractivity contribution in [3.63, 3.8) is 0 Å². The van der Waals surface area contributed by atoms with Crippen molar-refractivity contribution in [1.82, 2.24) is 15.3 Å². The first kappa shape index (κ1) is 19.7. The van der Waals surface area contributed by atoms with Gasteiger partial charge < -0.3 is 15.4 Å². The normalized spacial score (nSPS) is 10.4. The van der Waals surface area contributed by atoms with Crippen molar-refractivity contribution >= 4 is 23.5 Å². The van der Waals surface area contributed by atoms with Gasteiger partial charge in [0.1, 0.15) is 5.82 Å². The van der Waals surface area contributed by atoms with Gasteiger partial charge in [0.2, 0.25) is 5.95 Å². The summed E-state index contributed by atoms with van der Waals surface area (Å²) in [6, 6.07) is 9.29. The molecule has 0 saturated carbocycles. The van der Waals surface area contributed by atoms with Crippen molar-refractivity contribution in [1.29, 1.82) is 0 Å². The van der Waals surface area contributed by atoms with E-state index >= 15 is 0 Å². The van der Waals surface area contributed by atoms with Crippen molar-refractivity contribution in [3.8, 4) is 0 Å². The Bertz CT molecular complexity index is 691. The summed E-state index contributed by atoms with van der Waals surface area (Å²) >= 11 is 0. The fourth-order valence-electron chi connectivity index (χ4n) is 2.33. The molecule has 0 atom stereocenters. The first-order chi connectivity index (χ1) is 12.7. The molecule has 26 heavy (non-hydrogen) atoms. The van der Waals surface area contributed by atoms with Crippen LogP contribution in [-0.2, 0) is 4.74 Å². The monoisotopic (exact) mass is 357 g/mol. The standard InChI is InChI=1S/C19H27N5O2/c1-4-11-22-19(25)24(16-8-6-15(2)7-9-16)17-10-13-21-18(23-17)20-12-5-14-26-3/h6-10,13H,4-5,11-12,14H2,1-3H3,(H,22,25)(H,20,21,23). The van der Waals surface area contributed by atoms with E-state index in [4.69, 9.17) is 4.74 Å². The molecule has 140 valence electrons. The van der Waals surface area contributed by atoms with Crippen LogP contribution in [0.25, 0.3) is 0 Å². The fourth-order valence-corrected chi connectivity index (χ4v) is 2.33. The van der Waals surface area contributed by atoms with Gasteiger partial charge in [-0.2, -0.15) is 4.98 Å². The molecule has 7 nitrogen and oxygen atoms in total. The molecule has 2 rings (SSSR count). The van der Waals surface area contributed by atoms with Crippen LogP contribution in [0.3, 0.4) is 0 Å². The maximum absolute atomic E-state index is 12.7. The van der Waals surface area contributed by atoms with Crippen LogP contribution in [0.15, 0.2) is 36.5 Å². The molecule has 0 radical (unpaired) electrons. The molecule has 1 aromatic heterocycles. The summed E-state index contributed by atoms with van der Waals surface area (Å²) in [7, 11) is 1.67. The lowest BCUT2D eigenvalue weighted by Gasteiger charge is -2.22. The van der Waals surface area contributed by atoms with E-state index in [1.807, 2.05) is 38.1 Å². The third-order valence-corrected chi connectivity index (χ3v) is 3.70. The molecule has 0 fully saturated rings. The molecular formula is C19H27N5O2. The van der Waals surface area contributed by atoms with Crippen LogP contribution in [0.4, 0.5) is 22.2 Å². The van der Waals surface area contributed by atoms with Gasteiger partial charge in [0.15, 0.2) is 0 Å². The average Bonchev–Trinajstić information content (AvgIpc) is 2.66. The van der Waals surface area contributed by atoms with Crippen molar-refractivity contribution < 1.29 is 9.53 Å². The number of hydrogen-bond donors (Lipinski definition) is 2. The number of carbonyl (C=O) groups is 1. The topological polar surface area (TPSA) is 79.4 Å². The number of benzene rings is 1. The van der Waals surface area contributed by atoms with Crippen molar-refractivity contribution in [3.05, 3.63) is 42.1 Å². The third-order valence-electron chi connectivity index (χ3n) is 3.70. The van der Waals surface area contributed by atoms with E-state index in [9.17, 15) is 4.79 Å². The lowest BCUT2D eigenvalue weighted by Crippen LogP contribution is -2.37. The molecule has 1 heterocycles. The second kappa shape index (κ2) is 10.4. The molecule has 0 aliphatic carbocycles. The molecule has 0 spiro atoms. The molecule has 2 N–H and O–H groups in total. The molecule has 2 amide bonds. The highest BCUT2D eigenvalue weighted by atomic mass is 16.5. The van der Waals surface area contributed by atoms with Gasteiger partial charge in [-0.15, -0.1) is 0 Å². The van der Waals surface area contributed by atoms with E-state index in [0.29, 0.717) is 31.5 Å². The lowest BCUT2D eigenvalue weighted by molar-refractivity contribution is 0.197. The number of nitrogens with one attached hydrogen (secondary N) is 2. The summed E-state index contributed by atoms with van der Waals surface area (Å²) in [4.78, 5) is 23.0. The second-order valence-electron chi connectivity index (χ2n) is 5.91. The van der Waals surface area contributed by atoms with Crippen LogP contribution in [-0.4, -0.2) is 42.8 Å².